The number of nitrogens with one attached hydrogen (secondary N) is 1. The van der Waals surface area contributed by atoms with Gasteiger partial charge in [0.25, 0.3) is 0 Å². The number of benzene rings is 1. The van der Waals surface area contributed by atoms with Crippen molar-refractivity contribution in [3.05, 3.63) is 33.4 Å². The highest BCUT2D eigenvalue weighted by atomic mass is 127. The molecule has 0 heterocycles. The van der Waals surface area contributed by atoms with E-state index in [4.69, 9.17) is 5.11 Å². The van der Waals surface area contributed by atoms with Crippen molar-refractivity contribution in [2.45, 2.75) is 25.9 Å². The Kier molecular flexibility index (Phi) is 4.84. The van der Waals surface area contributed by atoms with Crippen LogP contribution in [-0.2, 0) is 0 Å². The van der Waals surface area contributed by atoms with E-state index in [1.165, 1.54) is 9.13 Å². The second-order valence-electron chi connectivity index (χ2n) is 3.52. The molecule has 2 unspecified atom stereocenters. The fourth-order valence-electron chi connectivity index (χ4n) is 1.33. The van der Waals surface area contributed by atoms with Gasteiger partial charge in [-0.05, 0) is 54.1 Å². The van der Waals surface area contributed by atoms with Crippen molar-refractivity contribution >= 4 is 22.6 Å². The minimum atomic E-state index is 0.143. The molecule has 0 saturated carbocycles. The highest BCUT2D eigenvalue weighted by molar-refractivity contribution is 14.1. The van der Waals surface area contributed by atoms with E-state index in [0.717, 1.165) is 0 Å². The highest BCUT2D eigenvalue weighted by Gasteiger charge is 2.07. The van der Waals surface area contributed by atoms with Crippen molar-refractivity contribution in [3.8, 4) is 0 Å². The lowest BCUT2D eigenvalue weighted by molar-refractivity contribution is 0.243. The molecule has 2 N–H and O–H groups in total. The summed E-state index contributed by atoms with van der Waals surface area (Å²) in [5.74, 6) is 0. The van der Waals surface area contributed by atoms with E-state index in [0.29, 0.717) is 0 Å². The van der Waals surface area contributed by atoms with Crippen molar-refractivity contribution in [1.82, 2.24) is 5.32 Å². The molecule has 0 radical (unpaired) electrons. The smallest absolute Gasteiger partial charge is 0.0582 e. The first kappa shape index (κ1) is 11.9. The van der Waals surface area contributed by atoms with Gasteiger partial charge in [0.15, 0.2) is 0 Å². The fourth-order valence-corrected chi connectivity index (χ4v) is 1.69. The Balaban J connectivity index is 2.60. The molecule has 1 aromatic carbocycles. The minimum Gasteiger partial charge on any atom is -0.395 e. The quantitative estimate of drug-likeness (QED) is 0.837. The van der Waals surface area contributed by atoms with Crippen LogP contribution in [0.4, 0.5) is 0 Å². The third kappa shape index (κ3) is 3.55. The van der Waals surface area contributed by atoms with E-state index >= 15 is 0 Å². The lowest BCUT2D eigenvalue weighted by Crippen LogP contribution is -2.31. The molecule has 0 amide bonds. The van der Waals surface area contributed by atoms with Crippen LogP contribution in [0.3, 0.4) is 0 Å². The van der Waals surface area contributed by atoms with E-state index in [1.807, 2.05) is 6.92 Å². The molecule has 0 aliphatic rings. The van der Waals surface area contributed by atoms with Crippen LogP contribution in [0.1, 0.15) is 25.5 Å². The van der Waals surface area contributed by atoms with Gasteiger partial charge in [-0.15, -0.1) is 0 Å². The summed E-state index contributed by atoms with van der Waals surface area (Å²) in [4.78, 5) is 0. The van der Waals surface area contributed by atoms with Gasteiger partial charge in [-0.2, -0.15) is 0 Å². The topological polar surface area (TPSA) is 32.3 Å². The second kappa shape index (κ2) is 5.68. The summed E-state index contributed by atoms with van der Waals surface area (Å²) in [5.41, 5.74) is 1.26. The molecule has 1 aromatic rings. The van der Waals surface area contributed by atoms with E-state index in [-0.39, 0.29) is 18.7 Å². The van der Waals surface area contributed by atoms with Gasteiger partial charge < -0.3 is 10.4 Å². The first-order chi connectivity index (χ1) is 6.63. The Bertz CT molecular complexity index is 273. The van der Waals surface area contributed by atoms with Crippen molar-refractivity contribution in [2.24, 2.45) is 0 Å². The van der Waals surface area contributed by atoms with Crippen LogP contribution in [0.2, 0.25) is 0 Å². The monoisotopic (exact) mass is 305 g/mol. The van der Waals surface area contributed by atoms with Gasteiger partial charge in [0, 0.05) is 15.7 Å². The average molecular weight is 305 g/mol. The SMILES string of the molecule is CC(CO)NC(C)c1ccc(I)cc1. The summed E-state index contributed by atoms with van der Waals surface area (Å²) in [7, 11) is 0. The summed E-state index contributed by atoms with van der Waals surface area (Å²) in [6.45, 7) is 4.26. The van der Waals surface area contributed by atoms with Crippen LogP contribution in [0, 0.1) is 3.57 Å². The highest BCUT2D eigenvalue weighted by Crippen LogP contribution is 2.14. The molecule has 78 valence electrons. The van der Waals surface area contributed by atoms with Gasteiger partial charge >= 0.3 is 0 Å². The van der Waals surface area contributed by atoms with Crippen LogP contribution >= 0.6 is 22.6 Å². The van der Waals surface area contributed by atoms with Crippen LogP contribution in [0.15, 0.2) is 24.3 Å². The van der Waals surface area contributed by atoms with Crippen LogP contribution in [0.5, 0.6) is 0 Å². The van der Waals surface area contributed by atoms with Crippen LogP contribution in [-0.4, -0.2) is 17.8 Å². The van der Waals surface area contributed by atoms with Crippen LogP contribution in [0.25, 0.3) is 0 Å². The molecular formula is C11H16INO. The van der Waals surface area contributed by atoms with E-state index in [2.05, 4.69) is 59.1 Å². The fraction of sp³-hybridized carbons (Fsp3) is 0.455. The zero-order valence-corrected chi connectivity index (χ0v) is 10.7. The maximum absolute atomic E-state index is 8.91. The Labute approximate surface area is 98.9 Å². The number of aliphatic hydroxyl groups is 1. The first-order valence-corrected chi connectivity index (χ1v) is 5.83. The van der Waals surface area contributed by atoms with Crippen molar-refractivity contribution in [3.63, 3.8) is 0 Å². The zero-order chi connectivity index (χ0) is 10.6. The Morgan fingerprint density at radius 3 is 2.36 bits per heavy atom. The number of rotatable bonds is 4. The first-order valence-electron chi connectivity index (χ1n) is 4.76. The Hall–Kier alpha value is -0.130. The molecular weight excluding hydrogens is 289 g/mol. The Morgan fingerprint density at radius 1 is 1.29 bits per heavy atom. The van der Waals surface area contributed by atoms with E-state index in [9.17, 15) is 0 Å². The van der Waals surface area contributed by atoms with Gasteiger partial charge in [0.05, 0.1) is 6.61 Å². The minimum absolute atomic E-state index is 0.143. The molecule has 1 rings (SSSR count). The van der Waals surface area contributed by atoms with Gasteiger partial charge in [0.1, 0.15) is 0 Å². The maximum Gasteiger partial charge on any atom is 0.0582 e. The molecule has 2 atom stereocenters. The number of halogens is 1. The lowest BCUT2D eigenvalue weighted by atomic mass is 10.1. The summed E-state index contributed by atoms with van der Waals surface area (Å²) in [5, 5.41) is 12.2. The summed E-state index contributed by atoms with van der Waals surface area (Å²) in [6.07, 6.45) is 0. The molecule has 14 heavy (non-hydrogen) atoms. The molecule has 0 aliphatic heterocycles. The van der Waals surface area contributed by atoms with Crippen LogP contribution < -0.4 is 5.32 Å². The summed E-state index contributed by atoms with van der Waals surface area (Å²) < 4.78 is 1.24. The van der Waals surface area contributed by atoms with Gasteiger partial charge in [-0.3, -0.25) is 0 Å². The van der Waals surface area contributed by atoms with Crippen molar-refractivity contribution < 1.29 is 5.11 Å². The molecule has 0 aromatic heterocycles. The predicted octanol–water partition coefficient (Wildman–Crippen LogP) is 2.32. The summed E-state index contributed by atoms with van der Waals surface area (Å²) >= 11 is 2.29. The molecule has 2 nitrogen and oxygen atoms in total. The van der Waals surface area contributed by atoms with Crippen molar-refractivity contribution in [1.29, 1.82) is 0 Å². The molecule has 0 fully saturated rings. The number of aliphatic hydroxyl groups excluding tert-OH is 1. The zero-order valence-electron chi connectivity index (χ0n) is 8.50. The van der Waals surface area contributed by atoms with Gasteiger partial charge in [-0.25, -0.2) is 0 Å². The average Bonchev–Trinajstić information content (AvgIpc) is 2.18. The molecule has 0 spiro atoms. The normalized spacial score (nSPS) is 15.1. The third-order valence-corrected chi connectivity index (χ3v) is 2.90. The molecule has 0 saturated heterocycles. The van der Waals surface area contributed by atoms with Crippen molar-refractivity contribution in [2.75, 3.05) is 6.61 Å². The standard InChI is InChI=1S/C11H16INO/c1-8(7-14)13-9(2)10-3-5-11(12)6-4-10/h3-6,8-9,13-14H,7H2,1-2H3. The predicted molar refractivity (Wildman–Crippen MR) is 67.3 cm³/mol. The van der Waals surface area contributed by atoms with E-state index in [1.54, 1.807) is 0 Å². The molecule has 3 heteroatoms. The van der Waals surface area contributed by atoms with Gasteiger partial charge in [-0.1, -0.05) is 12.1 Å². The third-order valence-electron chi connectivity index (χ3n) is 2.18. The second-order valence-corrected chi connectivity index (χ2v) is 4.77. The molecule has 0 aliphatic carbocycles. The maximum atomic E-state index is 8.91. The van der Waals surface area contributed by atoms with Gasteiger partial charge in [0.2, 0.25) is 0 Å². The van der Waals surface area contributed by atoms with E-state index < -0.39 is 0 Å². The number of hydrogen-bond acceptors (Lipinski definition) is 2. The largest absolute Gasteiger partial charge is 0.395 e. The number of hydrogen-bond donors (Lipinski definition) is 2. The lowest BCUT2D eigenvalue weighted by Gasteiger charge is -2.18. The Morgan fingerprint density at radius 2 is 1.86 bits per heavy atom. The summed E-state index contributed by atoms with van der Waals surface area (Å²) in [6, 6.07) is 8.85. The molecule has 0 bridgehead atoms.